The lowest BCUT2D eigenvalue weighted by Crippen LogP contribution is -2.45. The molecule has 0 unspecified atom stereocenters. The number of aryl methyl sites for hydroxylation is 1. The summed E-state index contributed by atoms with van der Waals surface area (Å²) >= 11 is 0. The lowest BCUT2D eigenvalue weighted by molar-refractivity contribution is 0.0725. The molecule has 7 rings (SSSR count). The fraction of sp³-hybridized carbons (Fsp3) is 0.400. The summed E-state index contributed by atoms with van der Waals surface area (Å²) in [5.41, 5.74) is 11.3. The minimum atomic E-state index is -0.671. The predicted molar refractivity (Wildman–Crippen MR) is 153 cm³/mol. The van der Waals surface area contributed by atoms with E-state index >= 15 is 0 Å². The molecule has 41 heavy (non-hydrogen) atoms. The molecule has 0 spiro atoms. The Hall–Kier alpha value is -4.25. The molecule has 2 aromatic carbocycles. The highest BCUT2D eigenvalue weighted by atomic mass is 19.1. The number of carbonyl (C=O) groups is 1. The number of para-hydroxylation sites is 1. The topological polar surface area (TPSA) is 109 Å². The number of aromatic nitrogens is 6. The van der Waals surface area contributed by atoms with Crippen molar-refractivity contribution in [1.82, 2.24) is 33.8 Å². The van der Waals surface area contributed by atoms with Gasteiger partial charge in [0.15, 0.2) is 5.82 Å². The Kier molecular flexibility index (Phi) is 6.45. The lowest BCUT2D eigenvalue weighted by Gasteiger charge is -2.30. The van der Waals surface area contributed by atoms with E-state index in [9.17, 15) is 9.18 Å². The molecule has 5 aromatic rings. The highest BCUT2D eigenvalue weighted by Crippen LogP contribution is 2.39. The molecule has 1 atom stereocenters. The first-order valence-corrected chi connectivity index (χ1v) is 14.2. The molecule has 212 valence electrons. The third-order valence-electron chi connectivity index (χ3n) is 8.22. The van der Waals surface area contributed by atoms with Gasteiger partial charge in [-0.2, -0.15) is 5.10 Å². The highest BCUT2D eigenvalue weighted by molar-refractivity contribution is 6.01. The van der Waals surface area contributed by atoms with Gasteiger partial charge in [0.05, 0.1) is 34.8 Å². The van der Waals surface area contributed by atoms with Gasteiger partial charge in [-0.15, -0.1) is 0 Å². The van der Waals surface area contributed by atoms with Crippen LogP contribution >= 0.6 is 0 Å². The molecule has 2 N–H and O–H groups in total. The molecule has 10 nitrogen and oxygen atoms in total. The van der Waals surface area contributed by atoms with Crippen molar-refractivity contribution in [3.05, 3.63) is 60.2 Å². The fourth-order valence-electron chi connectivity index (χ4n) is 5.89. The first-order valence-electron chi connectivity index (χ1n) is 14.2. The zero-order valence-corrected chi connectivity index (χ0v) is 23.0. The second-order valence-electron chi connectivity index (χ2n) is 11.2. The number of amides is 1. The van der Waals surface area contributed by atoms with Gasteiger partial charge in [0.1, 0.15) is 31.7 Å². The predicted octanol–water partition coefficient (Wildman–Crippen LogP) is 3.57. The Bertz CT molecular complexity index is 1740. The van der Waals surface area contributed by atoms with Crippen molar-refractivity contribution in [2.24, 2.45) is 18.7 Å². The minimum Gasteiger partial charge on any atom is -0.489 e. The molecule has 1 fully saturated rings. The average molecular weight is 557 g/mol. The third-order valence-corrected chi connectivity index (χ3v) is 8.22. The van der Waals surface area contributed by atoms with E-state index in [1.165, 1.54) is 19.2 Å². The maximum Gasteiger partial charge on any atom is 0.254 e. The molecule has 3 aromatic heterocycles. The van der Waals surface area contributed by atoms with Crippen molar-refractivity contribution >= 4 is 27.8 Å². The average Bonchev–Trinajstić information content (AvgIpc) is 3.35. The van der Waals surface area contributed by atoms with Crippen LogP contribution in [-0.2, 0) is 26.6 Å². The molecular formula is C30H33FN8O2. The maximum absolute atomic E-state index is 13.3. The van der Waals surface area contributed by atoms with E-state index in [2.05, 4.69) is 37.4 Å². The summed E-state index contributed by atoms with van der Waals surface area (Å²) in [6.07, 6.45) is 6.34. The molecule has 0 bridgehead atoms. The normalized spacial score (nSPS) is 16.1. The van der Waals surface area contributed by atoms with E-state index in [1.54, 1.807) is 15.9 Å². The van der Waals surface area contributed by atoms with Crippen LogP contribution in [0.2, 0.25) is 0 Å². The van der Waals surface area contributed by atoms with Crippen LogP contribution in [0, 0.1) is 5.92 Å². The zero-order chi connectivity index (χ0) is 28.1. The van der Waals surface area contributed by atoms with Crippen LogP contribution in [0.5, 0.6) is 5.75 Å². The molecule has 1 aliphatic carbocycles. The van der Waals surface area contributed by atoms with Crippen molar-refractivity contribution in [2.45, 2.75) is 38.4 Å². The number of nitrogens with two attached hydrogens (primary N) is 1. The number of halogens is 1. The second-order valence-corrected chi connectivity index (χ2v) is 11.2. The third kappa shape index (κ3) is 4.73. The van der Waals surface area contributed by atoms with Crippen LogP contribution in [0.1, 0.15) is 28.8 Å². The monoisotopic (exact) mass is 556 g/mol. The van der Waals surface area contributed by atoms with Crippen LogP contribution in [-0.4, -0.2) is 72.1 Å². The van der Waals surface area contributed by atoms with Gasteiger partial charge in [-0.25, -0.2) is 19.0 Å². The fourth-order valence-corrected chi connectivity index (χ4v) is 5.89. The summed E-state index contributed by atoms with van der Waals surface area (Å²) in [6, 6.07) is 11.6. The Morgan fingerprint density at radius 2 is 2.10 bits per heavy atom. The van der Waals surface area contributed by atoms with Gasteiger partial charge in [0, 0.05) is 37.6 Å². The number of hydrogen-bond donors (Lipinski definition) is 1. The number of carbonyl (C=O) groups excluding carboxylic acids is 1. The van der Waals surface area contributed by atoms with Crippen LogP contribution < -0.4 is 10.5 Å². The maximum atomic E-state index is 13.3. The van der Waals surface area contributed by atoms with E-state index in [0.717, 1.165) is 51.3 Å². The molecule has 2 aliphatic rings. The Balaban J connectivity index is 1.27. The summed E-state index contributed by atoms with van der Waals surface area (Å²) in [7, 11) is 2.03. The minimum absolute atomic E-state index is 0.111. The number of imidazole rings is 1. The Labute approximate surface area is 236 Å². The van der Waals surface area contributed by atoms with Gasteiger partial charge in [0.25, 0.3) is 5.91 Å². The van der Waals surface area contributed by atoms with Crippen LogP contribution in [0.3, 0.4) is 0 Å². The molecule has 1 aliphatic heterocycles. The van der Waals surface area contributed by atoms with Crippen molar-refractivity contribution in [3.8, 4) is 17.3 Å². The van der Waals surface area contributed by atoms with Gasteiger partial charge in [-0.3, -0.25) is 4.79 Å². The van der Waals surface area contributed by atoms with Crippen molar-refractivity contribution < 1.29 is 13.9 Å². The molecule has 0 radical (unpaired) electrons. The Morgan fingerprint density at radius 3 is 2.88 bits per heavy atom. The SMILES string of the molecule is Cn1c(-c2cc3cccc(OCCn4cncn4)c3n2CC2CC2)nc2cc3c(cc21)CCN(C[C@H](N)CF)C3=O. The Morgan fingerprint density at radius 1 is 1.22 bits per heavy atom. The van der Waals surface area contributed by atoms with Crippen LogP contribution in [0.25, 0.3) is 33.5 Å². The van der Waals surface area contributed by atoms with E-state index in [-0.39, 0.29) is 12.5 Å². The van der Waals surface area contributed by atoms with Crippen molar-refractivity contribution in [2.75, 3.05) is 26.4 Å². The number of hydrogen-bond acceptors (Lipinski definition) is 6. The van der Waals surface area contributed by atoms with Crippen molar-refractivity contribution in [1.29, 1.82) is 0 Å². The highest BCUT2D eigenvalue weighted by Gasteiger charge is 2.29. The quantitative estimate of drug-likeness (QED) is 0.282. The zero-order valence-electron chi connectivity index (χ0n) is 23.0. The van der Waals surface area contributed by atoms with E-state index in [4.69, 9.17) is 15.5 Å². The standard InChI is InChI=1S/C30H33FN8O2/c1-36-25-11-20-7-8-37(16-22(32)14-31)30(40)23(20)13-24(25)35-29(36)26-12-21-3-2-4-27(28(21)39(26)15-19-5-6-19)41-10-9-38-18-33-17-34-38/h2-4,11-13,17-19,22H,5-10,14-16,32H2,1H3/t22-/m1/s1. The van der Waals surface area contributed by atoms with Gasteiger partial charge < -0.3 is 24.5 Å². The van der Waals surface area contributed by atoms with Gasteiger partial charge in [0.2, 0.25) is 0 Å². The van der Waals surface area contributed by atoms with Crippen LogP contribution in [0.15, 0.2) is 49.1 Å². The summed E-state index contributed by atoms with van der Waals surface area (Å²) in [5.74, 6) is 2.20. The van der Waals surface area contributed by atoms with Crippen molar-refractivity contribution in [3.63, 3.8) is 0 Å². The van der Waals surface area contributed by atoms with E-state index in [1.807, 2.05) is 25.2 Å². The second kappa shape index (κ2) is 10.3. The summed E-state index contributed by atoms with van der Waals surface area (Å²) < 4.78 is 25.5. The summed E-state index contributed by atoms with van der Waals surface area (Å²) in [5, 5.41) is 5.27. The number of nitrogens with zero attached hydrogens (tertiary/aromatic N) is 7. The molecule has 1 amide bonds. The molecule has 1 saturated carbocycles. The number of benzene rings is 2. The van der Waals surface area contributed by atoms with E-state index < -0.39 is 12.7 Å². The molecule has 4 heterocycles. The van der Waals surface area contributed by atoms with Crippen LogP contribution in [0.4, 0.5) is 4.39 Å². The lowest BCUT2D eigenvalue weighted by atomic mass is 9.97. The number of fused-ring (bicyclic) bond motifs is 3. The van der Waals surface area contributed by atoms with Gasteiger partial charge in [-0.05, 0) is 55.0 Å². The first kappa shape index (κ1) is 25.7. The summed E-state index contributed by atoms with van der Waals surface area (Å²) in [4.78, 5) is 24.0. The van der Waals surface area contributed by atoms with E-state index in [0.29, 0.717) is 37.6 Å². The number of alkyl halides is 1. The molecule has 11 heteroatoms. The van der Waals surface area contributed by atoms with Gasteiger partial charge in [-0.1, -0.05) is 12.1 Å². The molecule has 0 saturated heterocycles. The van der Waals surface area contributed by atoms with Gasteiger partial charge >= 0.3 is 0 Å². The number of ether oxygens (including phenoxy) is 1. The largest absolute Gasteiger partial charge is 0.489 e. The molecular weight excluding hydrogens is 523 g/mol. The summed E-state index contributed by atoms with van der Waals surface area (Å²) in [6.45, 7) is 2.08. The smallest absolute Gasteiger partial charge is 0.254 e. The number of rotatable bonds is 10. The first-order chi connectivity index (χ1) is 20.0.